The number of nitrogens with zero attached hydrogens (tertiary/aromatic N) is 2. The van der Waals surface area contributed by atoms with Gasteiger partial charge in [0.15, 0.2) is 0 Å². The normalized spacial score (nSPS) is 10.9. The van der Waals surface area contributed by atoms with Gasteiger partial charge in [0.2, 0.25) is 0 Å². The monoisotopic (exact) mass is 356 g/mol. The maximum Gasteiger partial charge on any atom is 0.149 e. The second-order valence-corrected chi connectivity index (χ2v) is 6.35. The van der Waals surface area contributed by atoms with Crippen molar-refractivity contribution in [3.8, 4) is 17.2 Å². The molecule has 27 heavy (non-hydrogen) atoms. The topological polar surface area (TPSA) is 44.2 Å². The number of aryl methyl sites for hydroxylation is 1. The zero-order valence-electron chi connectivity index (χ0n) is 15.4. The third-order valence-corrected chi connectivity index (χ3v) is 4.56. The number of methoxy groups -OCH3 is 1. The molecule has 2 aromatic carbocycles. The summed E-state index contributed by atoms with van der Waals surface area (Å²) in [7, 11) is 1.67. The molecule has 4 heteroatoms. The SMILES string of the molecule is C=CCc1cc2nccc(Oc3cc4ccccc4nc3C)c2cc1OC. The predicted molar refractivity (Wildman–Crippen MR) is 109 cm³/mol. The molecule has 0 spiro atoms. The first kappa shape index (κ1) is 17.0. The summed E-state index contributed by atoms with van der Waals surface area (Å²) in [6.07, 6.45) is 4.33. The van der Waals surface area contributed by atoms with Crippen molar-refractivity contribution in [3.05, 3.63) is 78.6 Å². The van der Waals surface area contributed by atoms with Crippen molar-refractivity contribution in [1.29, 1.82) is 0 Å². The summed E-state index contributed by atoms with van der Waals surface area (Å²) in [4.78, 5) is 9.14. The minimum atomic E-state index is 0.722. The number of para-hydroxylation sites is 1. The van der Waals surface area contributed by atoms with E-state index in [4.69, 9.17) is 9.47 Å². The van der Waals surface area contributed by atoms with Crippen molar-refractivity contribution in [2.75, 3.05) is 7.11 Å². The van der Waals surface area contributed by atoms with Crippen molar-refractivity contribution in [1.82, 2.24) is 9.97 Å². The first-order valence-electron chi connectivity index (χ1n) is 8.80. The maximum absolute atomic E-state index is 6.25. The molecule has 0 aliphatic rings. The molecule has 2 aromatic heterocycles. The summed E-state index contributed by atoms with van der Waals surface area (Å²) in [5.74, 6) is 2.26. The smallest absolute Gasteiger partial charge is 0.149 e. The highest BCUT2D eigenvalue weighted by atomic mass is 16.5. The zero-order chi connectivity index (χ0) is 18.8. The van der Waals surface area contributed by atoms with E-state index < -0.39 is 0 Å². The molecule has 0 radical (unpaired) electrons. The van der Waals surface area contributed by atoms with Crippen LogP contribution in [0.5, 0.6) is 17.2 Å². The van der Waals surface area contributed by atoms with E-state index in [0.29, 0.717) is 0 Å². The highest BCUT2D eigenvalue weighted by Crippen LogP contribution is 2.35. The van der Waals surface area contributed by atoms with Gasteiger partial charge in [-0.15, -0.1) is 6.58 Å². The fourth-order valence-electron chi connectivity index (χ4n) is 3.20. The molecule has 0 bridgehead atoms. The zero-order valence-corrected chi connectivity index (χ0v) is 15.4. The van der Waals surface area contributed by atoms with Crippen LogP contribution in [0.15, 0.2) is 67.4 Å². The molecule has 0 unspecified atom stereocenters. The average molecular weight is 356 g/mol. The van der Waals surface area contributed by atoms with E-state index in [1.165, 1.54) is 0 Å². The molecular weight excluding hydrogens is 336 g/mol. The first-order valence-corrected chi connectivity index (χ1v) is 8.80. The van der Waals surface area contributed by atoms with E-state index in [1.807, 2.05) is 61.5 Å². The van der Waals surface area contributed by atoms with Crippen LogP contribution < -0.4 is 9.47 Å². The van der Waals surface area contributed by atoms with E-state index in [0.717, 1.165) is 56.7 Å². The predicted octanol–water partition coefficient (Wildman–Crippen LogP) is 5.62. The van der Waals surface area contributed by atoms with Gasteiger partial charge in [-0.2, -0.15) is 0 Å². The molecule has 0 amide bonds. The number of ether oxygens (including phenoxy) is 2. The summed E-state index contributed by atoms with van der Waals surface area (Å²) < 4.78 is 11.8. The molecule has 134 valence electrons. The fourth-order valence-corrected chi connectivity index (χ4v) is 3.20. The van der Waals surface area contributed by atoms with Crippen molar-refractivity contribution in [2.45, 2.75) is 13.3 Å². The summed E-state index contributed by atoms with van der Waals surface area (Å²) in [6.45, 7) is 5.76. The number of fused-ring (bicyclic) bond motifs is 2. The van der Waals surface area contributed by atoms with Crippen LogP contribution in [0.25, 0.3) is 21.8 Å². The van der Waals surface area contributed by atoms with Gasteiger partial charge < -0.3 is 9.47 Å². The van der Waals surface area contributed by atoms with Gasteiger partial charge in [-0.3, -0.25) is 4.98 Å². The number of hydrogen-bond donors (Lipinski definition) is 0. The highest BCUT2D eigenvalue weighted by Gasteiger charge is 2.12. The first-order chi connectivity index (χ1) is 13.2. The number of aromatic nitrogens is 2. The Hall–Kier alpha value is -3.40. The number of hydrogen-bond acceptors (Lipinski definition) is 4. The van der Waals surface area contributed by atoms with Crippen LogP contribution in [0.2, 0.25) is 0 Å². The Labute approximate surface area is 158 Å². The average Bonchev–Trinajstić information content (AvgIpc) is 2.68. The van der Waals surface area contributed by atoms with Gasteiger partial charge in [-0.1, -0.05) is 24.3 Å². The molecular formula is C23H20N2O2. The Morgan fingerprint density at radius 1 is 1.00 bits per heavy atom. The number of benzene rings is 2. The lowest BCUT2D eigenvalue weighted by atomic mass is 10.1. The fraction of sp³-hybridized carbons (Fsp3) is 0.130. The minimum Gasteiger partial charge on any atom is -0.496 e. The molecule has 0 fully saturated rings. The van der Waals surface area contributed by atoms with Gasteiger partial charge in [0.25, 0.3) is 0 Å². The van der Waals surface area contributed by atoms with E-state index in [9.17, 15) is 0 Å². The molecule has 0 N–H and O–H groups in total. The van der Waals surface area contributed by atoms with Crippen LogP contribution in [0, 0.1) is 6.92 Å². The molecule has 0 saturated carbocycles. The van der Waals surface area contributed by atoms with E-state index in [2.05, 4.69) is 16.5 Å². The summed E-state index contributed by atoms with van der Waals surface area (Å²) in [5, 5.41) is 1.94. The number of allylic oxidation sites excluding steroid dienone is 1. The summed E-state index contributed by atoms with van der Waals surface area (Å²) >= 11 is 0. The van der Waals surface area contributed by atoms with Crippen molar-refractivity contribution in [3.63, 3.8) is 0 Å². The molecule has 4 rings (SSSR count). The molecule has 0 aliphatic heterocycles. The van der Waals surface area contributed by atoms with E-state index >= 15 is 0 Å². The van der Waals surface area contributed by atoms with Gasteiger partial charge in [0.1, 0.15) is 17.2 Å². The standard InChI is InChI=1S/C23H20N2O2/c1-4-7-17-12-20-18(14-23(17)26-3)21(10-11-24-20)27-22-13-16-8-5-6-9-19(16)25-15(22)2/h4-6,8-14H,1,7H2,2-3H3. The number of pyridine rings is 2. The lowest BCUT2D eigenvalue weighted by Crippen LogP contribution is -1.96. The summed E-state index contributed by atoms with van der Waals surface area (Å²) in [6, 6.07) is 15.9. The van der Waals surface area contributed by atoms with Gasteiger partial charge in [-0.25, -0.2) is 4.98 Å². The third kappa shape index (κ3) is 3.22. The Balaban J connectivity index is 1.82. The molecule has 2 heterocycles. The Bertz CT molecular complexity index is 1150. The Morgan fingerprint density at radius 3 is 2.67 bits per heavy atom. The van der Waals surface area contributed by atoms with Crippen LogP contribution in [0.3, 0.4) is 0 Å². The molecule has 4 aromatic rings. The third-order valence-electron chi connectivity index (χ3n) is 4.56. The minimum absolute atomic E-state index is 0.722. The largest absolute Gasteiger partial charge is 0.496 e. The maximum atomic E-state index is 6.25. The molecule has 4 nitrogen and oxygen atoms in total. The van der Waals surface area contributed by atoms with Gasteiger partial charge >= 0.3 is 0 Å². The van der Waals surface area contributed by atoms with Crippen molar-refractivity contribution >= 4 is 21.8 Å². The van der Waals surface area contributed by atoms with Gasteiger partial charge in [0.05, 0.1) is 23.8 Å². The quantitative estimate of drug-likeness (QED) is 0.435. The lowest BCUT2D eigenvalue weighted by Gasteiger charge is -2.14. The molecule has 0 aliphatic carbocycles. The van der Waals surface area contributed by atoms with E-state index in [1.54, 1.807) is 13.3 Å². The molecule has 0 saturated heterocycles. The number of rotatable bonds is 5. The van der Waals surface area contributed by atoms with Crippen LogP contribution in [-0.4, -0.2) is 17.1 Å². The second kappa shape index (κ2) is 7.08. The van der Waals surface area contributed by atoms with Gasteiger partial charge in [0, 0.05) is 22.5 Å². The van der Waals surface area contributed by atoms with E-state index in [-0.39, 0.29) is 0 Å². The van der Waals surface area contributed by atoms with Crippen LogP contribution in [-0.2, 0) is 6.42 Å². The van der Waals surface area contributed by atoms with Crippen LogP contribution in [0.1, 0.15) is 11.3 Å². The highest BCUT2D eigenvalue weighted by molar-refractivity contribution is 5.88. The Morgan fingerprint density at radius 2 is 1.85 bits per heavy atom. The van der Waals surface area contributed by atoms with Crippen LogP contribution >= 0.6 is 0 Å². The Kier molecular flexibility index (Phi) is 4.47. The molecule has 0 atom stereocenters. The van der Waals surface area contributed by atoms with Crippen molar-refractivity contribution in [2.24, 2.45) is 0 Å². The van der Waals surface area contributed by atoms with Crippen LogP contribution in [0.4, 0.5) is 0 Å². The van der Waals surface area contributed by atoms with Crippen molar-refractivity contribution < 1.29 is 9.47 Å². The second-order valence-electron chi connectivity index (χ2n) is 6.35. The van der Waals surface area contributed by atoms with Gasteiger partial charge in [-0.05, 0) is 43.7 Å². The summed E-state index contributed by atoms with van der Waals surface area (Å²) in [5.41, 5.74) is 3.70. The lowest BCUT2D eigenvalue weighted by molar-refractivity contribution is 0.411.